The molecule has 1 N–H and O–H groups in total. The number of carbonyl (C=O) groups excluding carboxylic acids is 2. The number of nitrogens with zero attached hydrogens (tertiary/aromatic N) is 1. The molecule has 1 aliphatic heterocycles. The predicted octanol–water partition coefficient (Wildman–Crippen LogP) is 2.91. The van der Waals surface area contributed by atoms with Crippen molar-refractivity contribution in [3.05, 3.63) is 35.6 Å². The van der Waals surface area contributed by atoms with Gasteiger partial charge in [-0.3, -0.25) is 9.59 Å². The summed E-state index contributed by atoms with van der Waals surface area (Å²) in [6.07, 6.45) is 3.31. The Labute approximate surface area is 143 Å². The maximum Gasteiger partial charge on any atom is 0.227 e. The molecule has 0 saturated carbocycles. The van der Waals surface area contributed by atoms with E-state index in [1.165, 1.54) is 6.07 Å². The third-order valence-corrected chi connectivity index (χ3v) is 4.85. The van der Waals surface area contributed by atoms with Gasteiger partial charge < -0.3 is 10.2 Å². The molecule has 1 aromatic carbocycles. The second-order valence-electron chi connectivity index (χ2n) is 6.45. The normalized spacial score (nSPS) is 15.6. The van der Waals surface area contributed by atoms with Crippen LogP contribution in [0.3, 0.4) is 0 Å². The summed E-state index contributed by atoms with van der Waals surface area (Å²) in [5.74, 6) is -0.190. The predicted molar refractivity (Wildman–Crippen MR) is 91.9 cm³/mol. The first-order valence-corrected chi connectivity index (χ1v) is 8.86. The van der Waals surface area contributed by atoms with Gasteiger partial charge in [-0.15, -0.1) is 0 Å². The topological polar surface area (TPSA) is 49.4 Å². The second-order valence-corrected chi connectivity index (χ2v) is 6.45. The third kappa shape index (κ3) is 4.79. The lowest BCUT2D eigenvalue weighted by atomic mass is 9.99. The van der Waals surface area contributed by atoms with E-state index in [1.54, 1.807) is 23.1 Å². The molecule has 2 amide bonds. The number of nitrogens with one attached hydrogen (secondary N) is 1. The summed E-state index contributed by atoms with van der Waals surface area (Å²) in [7, 11) is 0. The maximum atomic E-state index is 13.6. The summed E-state index contributed by atoms with van der Waals surface area (Å²) in [4.78, 5) is 26.2. The van der Waals surface area contributed by atoms with E-state index in [4.69, 9.17) is 0 Å². The zero-order chi connectivity index (χ0) is 17.5. The Bertz CT molecular complexity index is 564. The van der Waals surface area contributed by atoms with Gasteiger partial charge in [-0.25, -0.2) is 4.39 Å². The van der Waals surface area contributed by atoms with Gasteiger partial charge >= 0.3 is 0 Å². The van der Waals surface area contributed by atoms with Gasteiger partial charge in [-0.05, 0) is 37.3 Å². The van der Waals surface area contributed by atoms with Crippen molar-refractivity contribution < 1.29 is 14.0 Å². The average Bonchev–Trinajstić information content (AvgIpc) is 2.58. The van der Waals surface area contributed by atoms with E-state index in [2.05, 4.69) is 5.32 Å². The van der Waals surface area contributed by atoms with Crippen molar-refractivity contribution in [3.8, 4) is 0 Å². The number of halogens is 1. The van der Waals surface area contributed by atoms with Crippen LogP contribution in [0, 0.1) is 11.7 Å². The summed E-state index contributed by atoms with van der Waals surface area (Å²) in [6, 6.07) is 6.52. The molecule has 0 aromatic heterocycles. The molecule has 0 bridgehead atoms. The van der Waals surface area contributed by atoms with Crippen molar-refractivity contribution in [2.45, 2.75) is 52.0 Å². The van der Waals surface area contributed by atoms with E-state index in [-0.39, 0.29) is 36.0 Å². The molecular weight excluding hydrogens is 307 g/mol. The van der Waals surface area contributed by atoms with E-state index >= 15 is 0 Å². The number of piperidine rings is 1. The summed E-state index contributed by atoms with van der Waals surface area (Å²) in [6.45, 7) is 5.28. The fourth-order valence-electron chi connectivity index (χ4n) is 3.17. The lowest BCUT2D eigenvalue weighted by Gasteiger charge is -2.33. The largest absolute Gasteiger partial charge is 0.353 e. The van der Waals surface area contributed by atoms with Crippen molar-refractivity contribution in [3.63, 3.8) is 0 Å². The lowest BCUT2D eigenvalue weighted by molar-refractivity contribution is -0.131. The van der Waals surface area contributed by atoms with Crippen LogP contribution in [0.5, 0.6) is 0 Å². The molecule has 4 nitrogen and oxygen atoms in total. The number of carbonyl (C=O) groups is 2. The zero-order valence-electron chi connectivity index (χ0n) is 14.6. The van der Waals surface area contributed by atoms with Crippen LogP contribution in [0.15, 0.2) is 24.3 Å². The zero-order valence-corrected chi connectivity index (χ0v) is 14.6. The van der Waals surface area contributed by atoms with Gasteiger partial charge in [-0.2, -0.15) is 0 Å². The fourth-order valence-corrected chi connectivity index (χ4v) is 3.17. The van der Waals surface area contributed by atoms with Gasteiger partial charge in [-0.1, -0.05) is 32.0 Å². The number of amides is 2. The second kappa shape index (κ2) is 8.81. The Morgan fingerprint density at radius 3 is 2.42 bits per heavy atom. The van der Waals surface area contributed by atoms with E-state index < -0.39 is 0 Å². The molecule has 0 atom stereocenters. The molecule has 1 fully saturated rings. The number of rotatable bonds is 6. The van der Waals surface area contributed by atoms with Gasteiger partial charge in [0.1, 0.15) is 5.82 Å². The molecule has 0 spiro atoms. The van der Waals surface area contributed by atoms with Crippen molar-refractivity contribution in [1.82, 2.24) is 10.2 Å². The Kier molecular flexibility index (Phi) is 6.76. The molecule has 0 unspecified atom stereocenters. The molecule has 24 heavy (non-hydrogen) atoms. The van der Waals surface area contributed by atoms with E-state index in [9.17, 15) is 14.0 Å². The number of hydrogen-bond acceptors (Lipinski definition) is 2. The molecular formula is C19H27FN2O2. The Morgan fingerprint density at radius 2 is 1.83 bits per heavy atom. The van der Waals surface area contributed by atoms with E-state index in [0.717, 1.165) is 25.7 Å². The highest BCUT2D eigenvalue weighted by Crippen LogP contribution is 2.15. The minimum absolute atomic E-state index is 0.0510. The number of benzene rings is 1. The highest BCUT2D eigenvalue weighted by Gasteiger charge is 2.25. The summed E-state index contributed by atoms with van der Waals surface area (Å²) < 4.78 is 13.6. The van der Waals surface area contributed by atoms with Crippen molar-refractivity contribution in [2.24, 2.45) is 5.92 Å². The van der Waals surface area contributed by atoms with Crippen LogP contribution in [0.1, 0.15) is 45.1 Å². The molecule has 132 valence electrons. The summed E-state index contributed by atoms with van der Waals surface area (Å²) in [5, 5.41) is 3.10. The first-order valence-electron chi connectivity index (χ1n) is 8.86. The highest BCUT2D eigenvalue weighted by molar-refractivity contribution is 5.80. The summed E-state index contributed by atoms with van der Waals surface area (Å²) in [5.41, 5.74) is 0.437. The van der Waals surface area contributed by atoms with Crippen LogP contribution in [-0.4, -0.2) is 35.8 Å². The van der Waals surface area contributed by atoms with Crippen LogP contribution in [-0.2, 0) is 16.0 Å². The van der Waals surface area contributed by atoms with Crippen molar-refractivity contribution in [2.75, 3.05) is 13.1 Å². The average molecular weight is 334 g/mol. The smallest absolute Gasteiger partial charge is 0.227 e. The first kappa shape index (κ1) is 18.4. The minimum Gasteiger partial charge on any atom is -0.353 e. The van der Waals surface area contributed by atoms with Crippen LogP contribution in [0.2, 0.25) is 0 Å². The van der Waals surface area contributed by atoms with Crippen LogP contribution < -0.4 is 5.32 Å². The Balaban J connectivity index is 1.81. The van der Waals surface area contributed by atoms with Gasteiger partial charge in [0, 0.05) is 25.0 Å². The minimum atomic E-state index is -0.335. The number of hydrogen-bond donors (Lipinski definition) is 1. The SMILES string of the molecule is CCC(CC)C(=O)NC1CCN(C(=O)Cc2ccccc2F)CC1. The fraction of sp³-hybridized carbons (Fsp3) is 0.579. The Morgan fingerprint density at radius 1 is 1.21 bits per heavy atom. The molecule has 1 saturated heterocycles. The first-order chi connectivity index (χ1) is 11.5. The molecule has 2 rings (SSSR count). The molecule has 5 heteroatoms. The molecule has 1 aliphatic rings. The van der Waals surface area contributed by atoms with Gasteiger partial charge in [0.05, 0.1) is 6.42 Å². The Hall–Kier alpha value is -1.91. The van der Waals surface area contributed by atoms with Gasteiger partial charge in [0.2, 0.25) is 11.8 Å². The van der Waals surface area contributed by atoms with E-state index in [1.807, 2.05) is 13.8 Å². The van der Waals surface area contributed by atoms with Crippen molar-refractivity contribution in [1.29, 1.82) is 0 Å². The van der Waals surface area contributed by atoms with E-state index in [0.29, 0.717) is 18.7 Å². The maximum absolute atomic E-state index is 13.6. The lowest BCUT2D eigenvalue weighted by Crippen LogP contribution is -2.48. The quantitative estimate of drug-likeness (QED) is 0.869. The standard InChI is InChI=1S/C19H27FN2O2/c1-3-14(4-2)19(24)21-16-9-11-22(12-10-16)18(23)13-15-7-5-6-8-17(15)20/h5-8,14,16H,3-4,9-13H2,1-2H3,(H,21,24). The molecule has 0 aliphatic carbocycles. The third-order valence-electron chi connectivity index (χ3n) is 4.85. The van der Waals surface area contributed by atoms with Crippen LogP contribution >= 0.6 is 0 Å². The van der Waals surface area contributed by atoms with Gasteiger partial charge in [0.15, 0.2) is 0 Å². The highest BCUT2D eigenvalue weighted by atomic mass is 19.1. The van der Waals surface area contributed by atoms with Crippen LogP contribution in [0.25, 0.3) is 0 Å². The monoisotopic (exact) mass is 334 g/mol. The summed E-state index contributed by atoms with van der Waals surface area (Å²) >= 11 is 0. The molecule has 1 aromatic rings. The molecule has 1 heterocycles. The van der Waals surface area contributed by atoms with Crippen LogP contribution in [0.4, 0.5) is 4.39 Å². The molecule has 0 radical (unpaired) electrons. The van der Waals surface area contributed by atoms with Gasteiger partial charge in [0.25, 0.3) is 0 Å². The number of likely N-dealkylation sites (tertiary alicyclic amines) is 1. The van der Waals surface area contributed by atoms with Crippen molar-refractivity contribution >= 4 is 11.8 Å².